The molecule has 2 fully saturated rings. The highest BCUT2D eigenvalue weighted by molar-refractivity contribution is 6.32. The van der Waals surface area contributed by atoms with Gasteiger partial charge < -0.3 is 15.3 Å². The third kappa shape index (κ3) is 6.27. The van der Waals surface area contributed by atoms with E-state index in [1.807, 2.05) is 4.90 Å². The zero-order valence-electron chi connectivity index (χ0n) is 19.0. The van der Waals surface area contributed by atoms with Gasteiger partial charge in [-0.2, -0.15) is 13.2 Å². The van der Waals surface area contributed by atoms with Gasteiger partial charge in [0.15, 0.2) is 0 Å². The SMILES string of the molecule is O=C(Nc1ccc(O)c(Cl)c1)[C@@H]1CCN(CC(=O)N2CCC(c3cccc(C(F)(F)F)c3)CC2)C1. The summed E-state index contributed by atoms with van der Waals surface area (Å²) in [5.41, 5.74) is 0.515. The van der Waals surface area contributed by atoms with Crippen molar-refractivity contribution in [3.05, 3.63) is 58.6 Å². The highest BCUT2D eigenvalue weighted by atomic mass is 35.5. The van der Waals surface area contributed by atoms with Gasteiger partial charge in [0.2, 0.25) is 11.8 Å². The number of nitrogens with one attached hydrogen (secondary N) is 1. The van der Waals surface area contributed by atoms with Gasteiger partial charge >= 0.3 is 6.18 Å². The fraction of sp³-hybridized carbons (Fsp3) is 0.440. The average Bonchev–Trinajstić information content (AvgIpc) is 3.30. The van der Waals surface area contributed by atoms with Crippen LogP contribution in [0.4, 0.5) is 18.9 Å². The number of carbonyl (C=O) groups is 2. The van der Waals surface area contributed by atoms with E-state index < -0.39 is 11.7 Å². The molecular formula is C25H27ClF3N3O3. The lowest BCUT2D eigenvalue weighted by Crippen LogP contribution is -2.43. The Morgan fingerprint density at radius 2 is 1.80 bits per heavy atom. The number of piperidine rings is 1. The molecule has 2 aliphatic rings. The lowest BCUT2D eigenvalue weighted by atomic mass is 9.88. The maximum Gasteiger partial charge on any atom is 0.416 e. The number of alkyl halides is 3. The normalized spacial score (nSPS) is 19.7. The van der Waals surface area contributed by atoms with Crippen molar-refractivity contribution < 1.29 is 27.9 Å². The fourth-order valence-corrected chi connectivity index (χ4v) is 4.92. The van der Waals surface area contributed by atoms with Gasteiger partial charge in [0.05, 0.1) is 23.0 Å². The lowest BCUT2D eigenvalue weighted by Gasteiger charge is -2.33. The summed E-state index contributed by atoms with van der Waals surface area (Å²) in [6.07, 6.45) is -2.50. The Balaban J connectivity index is 1.24. The number of likely N-dealkylation sites (tertiary alicyclic amines) is 2. The Kier molecular flexibility index (Phi) is 7.56. The zero-order valence-corrected chi connectivity index (χ0v) is 19.8. The average molecular weight is 510 g/mol. The summed E-state index contributed by atoms with van der Waals surface area (Å²) in [5, 5.41) is 12.4. The van der Waals surface area contributed by atoms with Gasteiger partial charge in [0.25, 0.3) is 0 Å². The minimum absolute atomic E-state index is 0.00499. The van der Waals surface area contributed by atoms with E-state index in [1.54, 1.807) is 17.0 Å². The maximum absolute atomic E-state index is 13.0. The van der Waals surface area contributed by atoms with E-state index in [0.717, 1.165) is 6.07 Å². The van der Waals surface area contributed by atoms with Crippen molar-refractivity contribution in [1.82, 2.24) is 9.80 Å². The second-order valence-electron chi connectivity index (χ2n) is 9.15. The van der Waals surface area contributed by atoms with E-state index in [2.05, 4.69) is 5.32 Å². The smallest absolute Gasteiger partial charge is 0.416 e. The number of benzene rings is 2. The summed E-state index contributed by atoms with van der Waals surface area (Å²) in [4.78, 5) is 29.1. The van der Waals surface area contributed by atoms with Gasteiger partial charge in [-0.05, 0) is 61.6 Å². The van der Waals surface area contributed by atoms with Crippen LogP contribution >= 0.6 is 11.6 Å². The molecule has 2 amide bonds. The molecule has 0 radical (unpaired) electrons. The number of phenolic OH excluding ortho intramolecular Hbond substituents is 1. The molecule has 10 heteroatoms. The second kappa shape index (κ2) is 10.5. The summed E-state index contributed by atoms with van der Waals surface area (Å²) >= 11 is 5.88. The standard InChI is InChI=1S/C25H27ClF3N3O3/c26-21-13-20(4-5-22(21)33)30-24(35)18-6-9-31(14-18)15-23(34)32-10-7-16(8-11-32)17-2-1-3-19(12-17)25(27,28)29/h1-5,12-13,16,18,33H,6-11,14-15H2,(H,30,35)/t18-/m1/s1. The largest absolute Gasteiger partial charge is 0.506 e. The summed E-state index contributed by atoms with van der Waals surface area (Å²) < 4.78 is 39.1. The van der Waals surface area contributed by atoms with E-state index in [1.165, 1.54) is 24.3 Å². The predicted octanol–water partition coefficient (Wildman–Crippen LogP) is 4.73. The van der Waals surface area contributed by atoms with E-state index in [9.17, 15) is 27.9 Å². The first-order valence-corrected chi connectivity index (χ1v) is 11.9. The quantitative estimate of drug-likeness (QED) is 0.572. The molecule has 2 aromatic rings. The summed E-state index contributed by atoms with van der Waals surface area (Å²) in [6, 6.07) is 9.90. The Morgan fingerprint density at radius 1 is 1.06 bits per heavy atom. The molecule has 2 aromatic carbocycles. The first-order valence-electron chi connectivity index (χ1n) is 11.6. The number of anilines is 1. The Morgan fingerprint density at radius 3 is 2.49 bits per heavy atom. The maximum atomic E-state index is 13.0. The Bertz CT molecular complexity index is 1090. The van der Waals surface area contributed by atoms with Gasteiger partial charge in [-0.3, -0.25) is 14.5 Å². The number of halogens is 4. The number of phenols is 1. The molecule has 4 rings (SSSR count). The van der Waals surface area contributed by atoms with Crippen LogP contribution in [-0.2, 0) is 15.8 Å². The van der Waals surface area contributed by atoms with Crippen molar-refractivity contribution in [2.45, 2.75) is 31.4 Å². The van der Waals surface area contributed by atoms with Crippen molar-refractivity contribution in [2.24, 2.45) is 5.92 Å². The molecule has 0 bridgehead atoms. The van der Waals surface area contributed by atoms with Crippen LogP contribution in [0, 0.1) is 5.92 Å². The van der Waals surface area contributed by atoms with Crippen LogP contribution in [0.25, 0.3) is 0 Å². The molecule has 0 aromatic heterocycles. The molecule has 2 aliphatic heterocycles. The van der Waals surface area contributed by atoms with Gasteiger partial charge in [0, 0.05) is 25.3 Å². The van der Waals surface area contributed by atoms with Crippen molar-refractivity contribution in [3.63, 3.8) is 0 Å². The Labute approximate surface area is 206 Å². The van der Waals surface area contributed by atoms with Crippen LogP contribution in [0.2, 0.25) is 5.02 Å². The zero-order chi connectivity index (χ0) is 25.2. The number of hydrogen-bond acceptors (Lipinski definition) is 4. The van der Waals surface area contributed by atoms with E-state index >= 15 is 0 Å². The summed E-state index contributed by atoms with van der Waals surface area (Å²) in [6.45, 7) is 2.30. The molecule has 35 heavy (non-hydrogen) atoms. The number of aromatic hydroxyl groups is 1. The topological polar surface area (TPSA) is 72.9 Å². The molecule has 188 valence electrons. The minimum atomic E-state index is -4.37. The highest BCUT2D eigenvalue weighted by Crippen LogP contribution is 2.34. The third-order valence-electron chi connectivity index (χ3n) is 6.75. The van der Waals surface area contributed by atoms with Crippen molar-refractivity contribution >= 4 is 29.1 Å². The number of hydrogen-bond donors (Lipinski definition) is 2. The predicted molar refractivity (Wildman–Crippen MR) is 126 cm³/mol. The molecule has 0 unspecified atom stereocenters. The van der Waals surface area contributed by atoms with Gasteiger partial charge in [0.1, 0.15) is 5.75 Å². The molecule has 0 saturated carbocycles. The van der Waals surface area contributed by atoms with Crippen LogP contribution in [0.1, 0.15) is 36.3 Å². The molecular weight excluding hydrogens is 483 g/mol. The Hall–Kier alpha value is -2.78. The van der Waals surface area contributed by atoms with Crippen molar-refractivity contribution in [3.8, 4) is 5.75 Å². The van der Waals surface area contributed by atoms with Gasteiger partial charge in [-0.25, -0.2) is 0 Å². The first-order chi connectivity index (χ1) is 16.6. The molecule has 2 saturated heterocycles. The molecule has 6 nitrogen and oxygen atoms in total. The number of nitrogens with zero attached hydrogens (tertiary/aromatic N) is 2. The van der Waals surface area contributed by atoms with Gasteiger partial charge in [-0.15, -0.1) is 0 Å². The molecule has 2 heterocycles. The summed E-state index contributed by atoms with van der Waals surface area (Å²) in [5.74, 6) is -0.520. The minimum Gasteiger partial charge on any atom is -0.506 e. The summed E-state index contributed by atoms with van der Waals surface area (Å²) in [7, 11) is 0. The third-order valence-corrected chi connectivity index (χ3v) is 7.05. The lowest BCUT2D eigenvalue weighted by molar-refractivity contribution is -0.137. The van der Waals surface area contributed by atoms with Crippen molar-refractivity contribution in [1.29, 1.82) is 0 Å². The van der Waals surface area contributed by atoms with E-state index in [-0.39, 0.29) is 41.0 Å². The molecule has 1 atom stereocenters. The van der Waals surface area contributed by atoms with Crippen molar-refractivity contribution in [2.75, 3.05) is 38.0 Å². The first kappa shape index (κ1) is 25.3. The second-order valence-corrected chi connectivity index (χ2v) is 9.56. The monoisotopic (exact) mass is 509 g/mol. The van der Waals surface area contributed by atoms with Crippen LogP contribution < -0.4 is 5.32 Å². The van der Waals surface area contributed by atoms with Crippen LogP contribution in [0.3, 0.4) is 0 Å². The highest BCUT2D eigenvalue weighted by Gasteiger charge is 2.33. The number of rotatable bonds is 5. The van der Waals surface area contributed by atoms with E-state index in [0.29, 0.717) is 56.7 Å². The number of amides is 2. The number of carbonyl (C=O) groups excluding carboxylic acids is 2. The molecule has 0 spiro atoms. The van der Waals surface area contributed by atoms with Crippen LogP contribution in [0.15, 0.2) is 42.5 Å². The fourth-order valence-electron chi connectivity index (χ4n) is 4.74. The van der Waals surface area contributed by atoms with Crippen LogP contribution in [0.5, 0.6) is 5.75 Å². The molecule has 2 N–H and O–H groups in total. The van der Waals surface area contributed by atoms with Crippen LogP contribution in [-0.4, -0.2) is 59.4 Å². The molecule has 0 aliphatic carbocycles. The van der Waals surface area contributed by atoms with Gasteiger partial charge in [-0.1, -0.05) is 29.8 Å². The van der Waals surface area contributed by atoms with E-state index in [4.69, 9.17) is 11.6 Å².